The number of nitrogens with zero attached hydrogens (tertiary/aromatic N) is 1. The molecule has 0 radical (unpaired) electrons. The van der Waals surface area contributed by atoms with E-state index in [4.69, 9.17) is 4.52 Å². The van der Waals surface area contributed by atoms with Crippen LogP contribution in [0.3, 0.4) is 0 Å². The van der Waals surface area contributed by atoms with Gasteiger partial charge in [0.05, 0.1) is 5.56 Å². The van der Waals surface area contributed by atoms with E-state index in [9.17, 15) is 17.3 Å². The van der Waals surface area contributed by atoms with Gasteiger partial charge in [0.1, 0.15) is 0 Å². The Balaban J connectivity index is 0.000000249. The molecule has 0 atom stereocenters. The predicted octanol–water partition coefficient (Wildman–Crippen LogP) is 4.29. The van der Waals surface area contributed by atoms with Crippen LogP contribution >= 0.6 is 11.3 Å². The summed E-state index contributed by atoms with van der Waals surface area (Å²) in [6, 6.07) is 9.98. The van der Waals surface area contributed by atoms with Gasteiger partial charge < -0.3 is 17.3 Å². The first-order valence-electron chi connectivity index (χ1n) is 4.55. The van der Waals surface area contributed by atoms with Gasteiger partial charge in [-0.2, -0.15) is 0 Å². The van der Waals surface area contributed by atoms with Crippen LogP contribution in [-0.4, -0.2) is 12.4 Å². The summed E-state index contributed by atoms with van der Waals surface area (Å²) in [4.78, 5) is 0. The molecule has 0 aliphatic carbocycles. The number of aryl methyl sites for hydroxylation is 1. The molecule has 1 aromatic heterocycles. The van der Waals surface area contributed by atoms with Gasteiger partial charge in [-0.15, -0.1) is 0 Å². The van der Waals surface area contributed by atoms with Crippen molar-refractivity contribution in [3.8, 4) is 10.6 Å². The lowest BCUT2D eigenvalue weighted by Gasteiger charge is -1.94. The molecule has 0 unspecified atom stereocenters. The molecule has 0 spiro atoms. The van der Waals surface area contributed by atoms with Crippen molar-refractivity contribution in [1.82, 2.24) is 5.16 Å². The second-order valence-corrected chi connectivity index (χ2v) is 4.12. The van der Waals surface area contributed by atoms with E-state index in [0.717, 1.165) is 15.6 Å². The van der Waals surface area contributed by atoms with Gasteiger partial charge in [0.15, 0.2) is 10.2 Å². The maximum absolute atomic E-state index is 9.75. The first-order valence-corrected chi connectivity index (χ1v) is 5.37. The number of rotatable bonds is 1. The van der Waals surface area contributed by atoms with Crippen molar-refractivity contribution in [3.05, 3.63) is 35.3 Å². The van der Waals surface area contributed by atoms with E-state index in [1.807, 2.05) is 37.3 Å². The number of aromatic nitrogens is 1. The second kappa shape index (κ2) is 5.76. The van der Waals surface area contributed by atoms with E-state index >= 15 is 0 Å². The van der Waals surface area contributed by atoms with Crippen molar-refractivity contribution in [2.24, 2.45) is 0 Å². The first kappa shape index (κ1) is 13.6. The quantitative estimate of drug-likeness (QED) is 0.436. The van der Waals surface area contributed by atoms with E-state index in [0.29, 0.717) is 0 Å². The molecule has 2 rings (SSSR count). The number of halogens is 4. The highest BCUT2D eigenvalue weighted by molar-refractivity contribution is 7.14. The van der Waals surface area contributed by atoms with Gasteiger partial charge in [0.25, 0.3) is 0 Å². The zero-order valence-corrected chi connectivity index (χ0v) is 9.56. The van der Waals surface area contributed by atoms with E-state index in [2.05, 4.69) is 5.16 Å². The van der Waals surface area contributed by atoms with Crippen LogP contribution in [-0.2, 0) is 0 Å². The van der Waals surface area contributed by atoms with Crippen molar-refractivity contribution in [1.29, 1.82) is 0 Å². The average Bonchev–Trinajstić information content (AvgIpc) is 2.64. The monoisotopic (exact) mass is 265 g/mol. The molecule has 8 heteroatoms. The van der Waals surface area contributed by atoms with Gasteiger partial charge >= 0.3 is 12.3 Å². The summed E-state index contributed by atoms with van der Waals surface area (Å²) in [6.07, 6.45) is 0. The van der Waals surface area contributed by atoms with Crippen LogP contribution in [0.2, 0.25) is 0 Å². The summed E-state index contributed by atoms with van der Waals surface area (Å²) < 4.78 is 44.1. The predicted molar refractivity (Wildman–Crippen MR) is 59.1 cm³/mol. The minimum absolute atomic E-state index is 0.869. The molecule has 0 saturated heterocycles. The second-order valence-electron chi connectivity index (χ2n) is 2.95. The summed E-state index contributed by atoms with van der Waals surface area (Å²) in [7, 11) is -6.00. The Kier molecular flexibility index (Phi) is 4.62. The van der Waals surface area contributed by atoms with Crippen LogP contribution in [0.1, 0.15) is 5.01 Å². The third kappa shape index (κ3) is 6.01. The molecule has 0 amide bonds. The van der Waals surface area contributed by atoms with Crippen molar-refractivity contribution < 1.29 is 21.8 Å². The van der Waals surface area contributed by atoms with Crippen LogP contribution in [0, 0.1) is 6.92 Å². The topological polar surface area (TPSA) is 24.2 Å². The molecule has 2 aromatic rings. The van der Waals surface area contributed by atoms with Crippen molar-refractivity contribution in [3.63, 3.8) is 0 Å². The number of benzene rings is 1. The Morgan fingerprint density at radius 1 is 1.12 bits per heavy atom. The molecule has 0 aliphatic heterocycles. The van der Waals surface area contributed by atoms with E-state index < -0.39 is 7.25 Å². The standard InChI is InChI=1S/C9H8NOS.BF4/c1-7-10-11-9(12-7)8-5-3-2-4-6-8;2-1(3,4)5/h2-6H,1H3;/q+1;-1. The summed E-state index contributed by atoms with van der Waals surface area (Å²) in [5, 5.41) is 5.66. The van der Waals surface area contributed by atoms with Gasteiger partial charge in [-0.1, -0.05) is 22.7 Å². The molecule has 92 valence electrons. The molecule has 0 fully saturated rings. The normalized spacial score (nSPS) is 10.6. The fourth-order valence-electron chi connectivity index (χ4n) is 0.963. The van der Waals surface area contributed by atoms with Gasteiger partial charge in [-0.25, -0.2) is 0 Å². The third-order valence-corrected chi connectivity index (χ3v) is 2.37. The molecular formula is C9H8BF4NOS. The summed E-state index contributed by atoms with van der Waals surface area (Å²) >= 11 is 1.56. The molecule has 1 heterocycles. The molecule has 0 aliphatic rings. The highest BCUT2D eigenvalue weighted by Crippen LogP contribution is 2.24. The van der Waals surface area contributed by atoms with Crippen LogP contribution in [0.4, 0.5) is 17.3 Å². The Labute approximate surface area is 99.0 Å². The van der Waals surface area contributed by atoms with E-state index in [-0.39, 0.29) is 0 Å². The third-order valence-electron chi connectivity index (χ3n) is 1.51. The molecule has 0 bridgehead atoms. The van der Waals surface area contributed by atoms with Gasteiger partial charge in [-0.3, -0.25) is 0 Å². The Bertz CT molecular complexity index is 454. The molecule has 1 aromatic carbocycles. The smallest absolute Gasteiger partial charge is 0.418 e. The van der Waals surface area contributed by atoms with Crippen LogP contribution < -0.4 is 0 Å². The minimum Gasteiger partial charge on any atom is -0.418 e. The fourth-order valence-corrected chi connectivity index (χ4v) is 1.63. The van der Waals surface area contributed by atoms with E-state index in [1.165, 1.54) is 0 Å². The lowest BCUT2D eigenvalue weighted by Crippen LogP contribution is -2.02. The summed E-state index contributed by atoms with van der Waals surface area (Å²) in [5.41, 5.74) is 1.09. The van der Waals surface area contributed by atoms with Crippen LogP contribution in [0.25, 0.3) is 10.6 Å². The molecule has 2 nitrogen and oxygen atoms in total. The average molecular weight is 265 g/mol. The molecule has 0 N–H and O–H groups in total. The maximum atomic E-state index is 9.75. The largest absolute Gasteiger partial charge is 0.673 e. The number of hydrogen-bond acceptors (Lipinski definition) is 2. The molecular weight excluding hydrogens is 257 g/mol. The first-order chi connectivity index (χ1) is 7.86. The highest BCUT2D eigenvalue weighted by Gasteiger charge is 2.20. The fraction of sp³-hybridized carbons (Fsp3) is 0.111. The maximum Gasteiger partial charge on any atom is 0.673 e. The van der Waals surface area contributed by atoms with Crippen molar-refractivity contribution in [2.45, 2.75) is 6.92 Å². The zero-order valence-electron chi connectivity index (χ0n) is 8.74. The Hall–Kier alpha value is -1.44. The lowest BCUT2D eigenvalue weighted by atomic mass is 10.2. The van der Waals surface area contributed by atoms with E-state index in [1.54, 1.807) is 11.3 Å². The minimum atomic E-state index is -6.00. The van der Waals surface area contributed by atoms with Crippen molar-refractivity contribution in [2.75, 3.05) is 0 Å². The number of hydrogen-bond donors (Lipinski definition) is 0. The highest BCUT2D eigenvalue weighted by atomic mass is 32.1. The Morgan fingerprint density at radius 3 is 2.06 bits per heavy atom. The molecule has 17 heavy (non-hydrogen) atoms. The lowest BCUT2D eigenvalue weighted by molar-refractivity contribution is 0.368. The SMILES string of the molecule is Cc1n[o+]c(-c2ccccc2)s1.F[B-](F)(F)F. The summed E-state index contributed by atoms with van der Waals surface area (Å²) in [5.74, 6) is 0. The van der Waals surface area contributed by atoms with Gasteiger partial charge in [0.2, 0.25) is 0 Å². The van der Waals surface area contributed by atoms with Crippen LogP contribution in [0.5, 0.6) is 0 Å². The Morgan fingerprint density at radius 2 is 1.65 bits per heavy atom. The van der Waals surface area contributed by atoms with Crippen LogP contribution in [0.15, 0.2) is 34.9 Å². The van der Waals surface area contributed by atoms with Gasteiger partial charge in [-0.05, 0) is 30.4 Å². The van der Waals surface area contributed by atoms with Crippen molar-refractivity contribution >= 4 is 18.6 Å². The summed E-state index contributed by atoms with van der Waals surface area (Å²) in [6.45, 7) is 1.93. The van der Waals surface area contributed by atoms with Gasteiger partial charge in [0, 0.05) is 0 Å². The molecule has 0 saturated carbocycles. The zero-order chi connectivity index (χ0) is 12.9.